The third kappa shape index (κ3) is 3.70. The molecular weight excluding hydrogens is 412 g/mol. The lowest BCUT2D eigenvalue weighted by Gasteiger charge is -2.34. The number of carbonyl (C=O) groups is 1. The third-order valence-electron chi connectivity index (χ3n) is 5.73. The Kier molecular flexibility index (Phi) is 4.42. The Bertz CT molecular complexity index is 1270. The number of likely N-dealkylation sites (N-methyl/N-ethyl adjacent to an activating group) is 1. The number of anilines is 1. The van der Waals surface area contributed by atoms with E-state index in [1.165, 1.54) is 4.90 Å². The summed E-state index contributed by atoms with van der Waals surface area (Å²) in [5.41, 5.74) is 4.13. The minimum atomic E-state index is -2.37. The highest BCUT2D eigenvalue weighted by Crippen LogP contribution is 2.47. The van der Waals surface area contributed by atoms with Gasteiger partial charge in [0.2, 0.25) is 0 Å². The van der Waals surface area contributed by atoms with Crippen LogP contribution in [0.5, 0.6) is 0 Å². The number of hydrogen-bond donors (Lipinski definition) is 1. The topological polar surface area (TPSA) is 54.7 Å². The van der Waals surface area contributed by atoms with Crippen LogP contribution in [0.4, 0.5) is 5.69 Å². The Morgan fingerprint density at radius 1 is 1.23 bits per heavy atom. The summed E-state index contributed by atoms with van der Waals surface area (Å²) < 4.78 is 32.7. The maximum Gasteiger partial charge on any atom is 0.337 e. The number of benzene rings is 2. The van der Waals surface area contributed by atoms with Crippen LogP contribution >= 0.6 is 11.6 Å². The van der Waals surface area contributed by atoms with Gasteiger partial charge in [0.1, 0.15) is 0 Å². The van der Waals surface area contributed by atoms with Gasteiger partial charge in [-0.05, 0) is 69.5 Å². The number of ether oxygens (including phenoxy) is 1. The zero-order valence-electron chi connectivity index (χ0n) is 21.4. The molecule has 4 rings (SSSR count). The minimum Gasteiger partial charge on any atom is -0.479 e. The molecule has 1 aromatic heterocycles. The predicted octanol–water partition coefficient (Wildman–Crippen LogP) is 5.97. The number of halogens is 1. The van der Waals surface area contributed by atoms with Crippen LogP contribution in [0.25, 0.3) is 22.0 Å². The van der Waals surface area contributed by atoms with Crippen LogP contribution in [0.1, 0.15) is 47.8 Å². The van der Waals surface area contributed by atoms with Crippen molar-refractivity contribution in [1.29, 1.82) is 0 Å². The first-order valence-electron chi connectivity index (χ1n) is 11.8. The molecule has 1 atom stereocenters. The van der Waals surface area contributed by atoms with Crippen molar-refractivity contribution in [3.8, 4) is 11.1 Å². The monoisotopic (exact) mass is 443 g/mol. The zero-order valence-corrected chi connectivity index (χ0v) is 19.2. The summed E-state index contributed by atoms with van der Waals surface area (Å²) in [6, 6.07) is 9.25. The van der Waals surface area contributed by atoms with E-state index < -0.39 is 24.7 Å². The molecule has 0 unspecified atom stereocenters. The average molecular weight is 444 g/mol. The molecule has 0 fully saturated rings. The van der Waals surface area contributed by atoms with E-state index in [0.29, 0.717) is 34.9 Å². The van der Waals surface area contributed by atoms with Crippen molar-refractivity contribution in [2.45, 2.75) is 52.9 Å². The minimum absolute atomic E-state index is 0.298. The van der Waals surface area contributed by atoms with Gasteiger partial charge in [0.15, 0.2) is 6.10 Å². The summed E-state index contributed by atoms with van der Waals surface area (Å²) in [7, 11) is 0. The summed E-state index contributed by atoms with van der Waals surface area (Å²) in [6.07, 6.45) is -1.30. The molecule has 0 saturated heterocycles. The first-order chi connectivity index (χ1) is 15.7. The summed E-state index contributed by atoms with van der Waals surface area (Å²) in [4.78, 5) is 14.0. The van der Waals surface area contributed by atoms with Gasteiger partial charge in [-0.1, -0.05) is 23.7 Å². The van der Waals surface area contributed by atoms with Gasteiger partial charge >= 0.3 is 5.97 Å². The maximum atomic E-state index is 12.6. The van der Waals surface area contributed by atoms with E-state index in [2.05, 4.69) is 4.57 Å². The second-order valence-electron chi connectivity index (χ2n) is 9.07. The molecule has 1 aliphatic rings. The zero-order chi connectivity index (χ0) is 25.2. The lowest BCUT2D eigenvalue weighted by Crippen LogP contribution is -2.31. The third-order valence-corrected chi connectivity index (χ3v) is 5.99. The van der Waals surface area contributed by atoms with Crippen molar-refractivity contribution in [2.75, 3.05) is 18.4 Å². The van der Waals surface area contributed by atoms with Crippen LogP contribution in [0, 0.1) is 13.8 Å². The average Bonchev–Trinajstić information content (AvgIpc) is 3.05. The number of rotatable bonds is 4. The van der Waals surface area contributed by atoms with Crippen molar-refractivity contribution in [2.24, 2.45) is 0 Å². The molecule has 0 bridgehead atoms. The summed E-state index contributed by atoms with van der Waals surface area (Å²) in [5.74, 6) is -1.13. The number of aliphatic carboxylic acids is 1. The van der Waals surface area contributed by atoms with Gasteiger partial charge in [-0.3, -0.25) is 0 Å². The molecule has 0 spiro atoms. The number of hydrogen-bond acceptors (Lipinski definition) is 3. The first-order valence-corrected chi connectivity index (χ1v) is 10.7. The van der Waals surface area contributed by atoms with E-state index in [1.54, 1.807) is 39.8 Å². The lowest BCUT2D eigenvalue weighted by atomic mass is 9.87. The van der Waals surface area contributed by atoms with E-state index in [-0.39, 0.29) is 0 Å². The normalized spacial score (nSPS) is 16.7. The Balaban J connectivity index is 2.19. The molecule has 0 saturated carbocycles. The van der Waals surface area contributed by atoms with E-state index in [0.717, 1.165) is 27.7 Å². The van der Waals surface area contributed by atoms with Crippen molar-refractivity contribution < 1.29 is 18.8 Å². The van der Waals surface area contributed by atoms with Crippen molar-refractivity contribution in [3.63, 3.8) is 0 Å². The van der Waals surface area contributed by atoms with Crippen LogP contribution in [-0.2, 0) is 16.1 Å². The summed E-state index contributed by atoms with van der Waals surface area (Å²) in [5, 5.41) is 11.7. The maximum absolute atomic E-state index is 12.6. The van der Waals surface area contributed by atoms with Crippen LogP contribution in [-0.4, -0.2) is 34.8 Å². The number of aromatic nitrogens is 1. The molecule has 1 N–H and O–H groups in total. The van der Waals surface area contributed by atoms with Gasteiger partial charge in [-0.15, -0.1) is 0 Å². The van der Waals surface area contributed by atoms with Gasteiger partial charge in [0.05, 0.1) is 16.8 Å². The van der Waals surface area contributed by atoms with Crippen molar-refractivity contribution >= 4 is 34.2 Å². The quantitative estimate of drug-likeness (QED) is 0.539. The second kappa shape index (κ2) is 7.57. The Labute approximate surface area is 192 Å². The Morgan fingerprint density at radius 3 is 2.48 bits per heavy atom. The molecule has 6 heteroatoms. The highest BCUT2D eigenvalue weighted by molar-refractivity contribution is 6.30. The predicted molar refractivity (Wildman–Crippen MR) is 126 cm³/mol. The molecule has 1 aliphatic heterocycles. The molecule has 164 valence electrons. The highest BCUT2D eigenvalue weighted by atomic mass is 35.5. The molecule has 31 heavy (non-hydrogen) atoms. The van der Waals surface area contributed by atoms with E-state index in [1.807, 2.05) is 25.1 Å². The van der Waals surface area contributed by atoms with Crippen LogP contribution in [0.15, 0.2) is 30.3 Å². The molecule has 3 aromatic rings. The number of nitrogens with zero attached hydrogens (tertiary/aromatic N) is 2. The fourth-order valence-corrected chi connectivity index (χ4v) is 4.66. The van der Waals surface area contributed by atoms with Gasteiger partial charge in [0, 0.05) is 45.8 Å². The fraction of sp³-hybridized carbons (Fsp3) is 0.400. The number of carboxylic acids is 1. The van der Waals surface area contributed by atoms with E-state index >= 15 is 0 Å². The molecular formula is C25H29ClN2O3. The molecule has 0 aliphatic carbocycles. The number of carboxylic acid groups (broad SMARTS) is 1. The smallest absolute Gasteiger partial charge is 0.337 e. The van der Waals surface area contributed by atoms with Crippen LogP contribution in [0.3, 0.4) is 0 Å². The molecule has 0 amide bonds. The largest absolute Gasteiger partial charge is 0.479 e. The second-order valence-corrected chi connectivity index (χ2v) is 9.51. The Morgan fingerprint density at radius 2 is 1.90 bits per heavy atom. The van der Waals surface area contributed by atoms with Crippen LogP contribution < -0.4 is 4.90 Å². The highest BCUT2D eigenvalue weighted by Gasteiger charge is 2.35. The molecule has 2 aromatic carbocycles. The standard InChI is InChI=1S/C25H29ClN2O3/c1-14-13-18-20(16-7-9-17(26)10-8-16)19(23(24(29)30)31-25(3,4)5)15(2)21-22(18)28(14)12-11-27(21)6/h7-10,13,23H,11-12H2,1-6H3,(H,29,30)/t23-/m0/s1/i6D3. The summed E-state index contributed by atoms with van der Waals surface area (Å²) >= 11 is 6.15. The summed E-state index contributed by atoms with van der Waals surface area (Å²) in [6.45, 7) is 7.64. The van der Waals surface area contributed by atoms with Crippen molar-refractivity contribution in [3.05, 3.63) is 52.2 Å². The van der Waals surface area contributed by atoms with Crippen molar-refractivity contribution in [1.82, 2.24) is 4.57 Å². The van der Waals surface area contributed by atoms with Gasteiger partial charge in [-0.2, -0.15) is 0 Å². The van der Waals surface area contributed by atoms with E-state index in [4.69, 9.17) is 20.5 Å². The van der Waals surface area contributed by atoms with Gasteiger partial charge < -0.3 is 19.3 Å². The Hall–Kier alpha value is -2.50. The van der Waals surface area contributed by atoms with E-state index in [9.17, 15) is 9.90 Å². The SMILES string of the molecule is [2H]C([2H])([2H])N1CCn2c(C)cc3c(-c4ccc(Cl)cc4)c([C@H](OC(C)(C)C)C(=O)O)c(C)c1c32. The first kappa shape index (κ1) is 18.1. The van der Waals surface area contributed by atoms with Gasteiger partial charge in [0.25, 0.3) is 0 Å². The molecule has 5 nitrogen and oxygen atoms in total. The molecule has 2 heterocycles. The van der Waals surface area contributed by atoms with Crippen LogP contribution in [0.2, 0.25) is 5.02 Å². The number of aryl methyl sites for hydroxylation is 1. The lowest BCUT2D eigenvalue weighted by molar-refractivity contribution is -0.160. The van der Waals surface area contributed by atoms with Gasteiger partial charge in [-0.25, -0.2) is 4.79 Å². The molecule has 0 radical (unpaired) electrons. The fourth-order valence-electron chi connectivity index (χ4n) is 4.53.